The minimum Gasteiger partial charge on any atom is -0.477 e. The van der Waals surface area contributed by atoms with Crippen molar-refractivity contribution in [2.24, 2.45) is 10.3 Å². The maximum atomic E-state index is 13.6. The van der Waals surface area contributed by atoms with E-state index in [4.69, 9.17) is 15.0 Å². The number of nitrogens with two attached hydrogens (primary N) is 2. The van der Waals surface area contributed by atoms with Crippen LogP contribution in [0.2, 0.25) is 0 Å². The SMILES string of the molecule is NS(=O)(=O)n1ccc(-c2cccc3ncccc23)c1C(=O)Oc1cc(-c2ccc(F)cc2)c(C(=O)O)n1S(N)(=O)=O. The van der Waals surface area contributed by atoms with Crippen molar-refractivity contribution in [3.05, 3.63) is 96.3 Å². The number of carbonyl (C=O) groups excluding carboxylic acids is 1. The summed E-state index contributed by atoms with van der Waals surface area (Å²) in [6.07, 6.45) is 2.54. The summed E-state index contributed by atoms with van der Waals surface area (Å²) in [5.74, 6) is -4.70. The van der Waals surface area contributed by atoms with E-state index in [0.29, 0.717) is 20.4 Å². The predicted octanol–water partition coefficient (Wildman–Crippen LogP) is 2.33. The van der Waals surface area contributed by atoms with E-state index >= 15 is 0 Å². The fraction of sp³-hybridized carbons (Fsp3) is 0. The molecule has 0 aliphatic carbocycles. The van der Waals surface area contributed by atoms with E-state index in [1.54, 1.807) is 30.3 Å². The average Bonchev–Trinajstić information content (AvgIpc) is 3.51. The van der Waals surface area contributed by atoms with Crippen LogP contribution in [0.5, 0.6) is 5.88 Å². The number of nitrogens with zero attached hydrogens (tertiary/aromatic N) is 3. The average molecular weight is 600 g/mol. The van der Waals surface area contributed by atoms with Gasteiger partial charge in [-0.3, -0.25) is 4.98 Å². The molecule has 0 amide bonds. The molecule has 41 heavy (non-hydrogen) atoms. The molecule has 0 spiro atoms. The van der Waals surface area contributed by atoms with Crippen molar-refractivity contribution in [2.45, 2.75) is 0 Å². The highest BCUT2D eigenvalue weighted by molar-refractivity contribution is 7.88. The topological polar surface area (TPSA) is 207 Å². The van der Waals surface area contributed by atoms with Crippen LogP contribution in [-0.4, -0.2) is 46.8 Å². The number of benzene rings is 2. The lowest BCUT2D eigenvalue weighted by atomic mass is 10.0. The Kier molecular flexibility index (Phi) is 6.70. The molecule has 5 rings (SSSR count). The van der Waals surface area contributed by atoms with Gasteiger partial charge in [-0.05, 0) is 41.5 Å². The van der Waals surface area contributed by atoms with Crippen molar-refractivity contribution in [1.29, 1.82) is 0 Å². The molecule has 0 aliphatic heterocycles. The smallest absolute Gasteiger partial charge is 0.363 e. The lowest BCUT2D eigenvalue weighted by molar-refractivity contribution is 0.0675. The first-order valence-corrected chi connectivity index (χ1v) is 14.4. The van der Waals surface area contributed by atoms with Gasteiger partial charge in [0.05, 0.1) is 5.52 Å². The molecule has 0 aliphatic rings. The van der Waals surface area contributed by atoms with E-state index in [0.717, 1.165) is 24.4 Å². The number of aromatic nitrogens is 3. The minimum absolute atomic E-state index is 0.0357. The van der Waals surface area contributed by atoms with Gasteiger partial charge in [0.15, 0.2) is 11.4 Å². The van der Waals surface area contributed by atoms with Gasteiger partial charge in [0.1, 0.15) is 5.82 Å². The van der Waals surface area contributed by atoms with Crippen LogP contribution in [0.25, 0.3) is 33.2 Å². The van der Waals surface area contributed by atoms with Gasteiger partial charge in [0.2, 0.25) is 5.88 Å². The van der Waals surface area contributed by atoms with Crippen molar-refractivity contribution in [2.75, 3.05) is 0 Å². The molecular formula is C25H18FN5O8S2. The Morgan fingerprint density at radius 2 is 1.56 bits per heavy atom. The molecule has 13 nitrogen and oxygen atoms in total. The molecular weight excluding hydrogens is 581 g/mol. The molecule has 0 atom stereocenters. The highest BCUT2D eigenvalue weighted by atomic mass is 32.2. The number of carbonyl (C=O) groups is 2. The number of carboxylic acid groups (broad SMARTS) is 1. The molecule has 3 heterocycles. The van der Waals surface area contributed by atoms with E-state index in [1.807, 2.05) is 0 Å². The monoisotopic (exact) mass is 599 g/mol. The van der Waals surface area contributed by atoms with Crippen LogP contribution in [0.1, 0.15) is 21.0 Å². The van der Waals surface area contributed by atoms with Gasteiger partial charge in [-0.25, -0.2) is 28.2 Å². The van der Waals surface area contributed by atoms with Gasteiger partial charge in [0, 0.05) is 35.0 Å². The molecule has 0 saturated carbocycles. The highest BCUT2D eigenvalue weighted by Crippen LogP contribution is 2.35. The number of rotatable bonds is 7. The quantitative estimate of drug-likeness (QED) is 0.234. The molecule has 210 valence electrons. The van der Waals surface area contributed by atoms with Gasteiger partial charge in [-0.2, -0.15) is 20.8 Å². The second-order valence-electron chi connectivity index (χ2n) is 8.55. The fourth-order valence-corrected chi connectivity index (χ4v) is 5.80. The molecule has 5 aromatic rings. The zero-order valence-electron chi connectivity index (χ0n) is 20.5. The Labute approximate surface area is 231 Å². The van der Waals surface area contributed by atoms with E-state index < -0.39 is 55.4 Å². The Morgan fingerprint density at radius 3 is 2.20 bits per heavy atom. The first-order valence-electron chi connectivity index (χ1n) is 11.4. The number of halogens is 1. The third kappa shape index (κ3) is 5.07. The van der Waals surface area contributed by atoms with Crippen LogP contribution in [0, 0.1) is 5.82 Å². The number of aromatic carboxylic acids is 1. The third-order valence-corrected chi connectivity index (χ3v) is 7.72. The Bertz CT molecular complexity index is 2080. The standard InChI is InChI=1S/C25H18FN5O8S2/c26-15-8-6-14(7-9-15)19-13-21(31(41(28,37)38)22(19)24(32)33)39-25(34)23-18(10-12-30(23)40(27,35)36)16-3-1-5-20-17(16)4-2-11-29-20/h1-13H,(H,32,33)(H2,27,35,36)(H2,28,37,38). The van der Waals surface area contributed by atoms with Crippen molar-refractivity contribution in [3.63, 3.8) is 0 Å². The second-order valence-corrected chi connectivity index (χ2v) is 11.4. The maximum absolute atomic E-state index is 13.6. The van der Waals surface area contributed by atoms with Crippen LogP contribution < -0.4 is 15.0 Å². The van der Waals surface area contributed by atoms with E-state index in [9.17, 15) is 35.9 Å². The normalized spacial score (nSPS) is 12.0. The Balaban J connectivity index is 1.72. The van der Waals surface area contributed by atoms with Crippen molar-refractivity contribution >= 4 is 43.3 Å². The number of hydrogen-bond acceptors (Lipinski definition) is 8. The van der Waals surface area contributed by atoms with E-state index in [2.05, 4.69) is 4.98 Å². The first kappa shape index (κ1) is 27.7. The zero-order valence-corrected chi connectivity index (χ0v) is 22.1. The lowest BCUT2D eigenvalue weighted by Gasteiger charge is -2.12. The molecule has 5 N–H and O–H groups in total. The van der Waals surface area contributed by atoms with Gasteiger partial charge in [-0.1, -0.05) is 30.3 Å². The number of carboxylic acids is 1. The van der Waals surface area contributed by atoms with Crippen molar-refractivity contribution < 1.29 is 40.7 Å². The minimum atomic E-state index is -4.92. The third-order valence-electron chi connectivity index (χ3n) is 5.99. The number of ether oxygens (including phenoxy) is 1. The summed E-state index contributed by atoms with van der Waals surface area (Å²) in [6, 6.07) is 14.8. The number of fused-ring (bicyclic) bond motifs is 1. The zero-order chi connectivity index (χ0) is 29.7. The maximum Gasteiger partial charge on any atom is 0.363 e. The summed E-state index contributed by atoms with van der Waals surface area (Å²) in [4.78, 5) is 30.0. The molecule has 0 radical (unpaired) electrons. The van der Waals surface area contributed by atoms with Crippen molar-refractivity contribution in [3.8, 4) is 28.1 Å². The summed E-state index contributed by atoms with van der Waals surface area (Å²) in [5.41, 5.74) is -0.837. The second kappa shape index (κ2) is 9.93. The molecule has 0 fully saturated rings. The number of pyridine rings is 1. The van der Waals surface area contributed by atoms with Gasteiger partial charge in [0.25, 0.3) is 0 Å². The lowest BCUT2D eigenvalue weighted by Crippen LogP contribution is -2.29. The first-order chi connectivity index (χ1) is 19.3. The summed E-state index contributed by atoms with van der Waals surface area (Å²) in [6.45, 7) is 0. The van der Waals surface area contributed by atoms with E-state index in [1.165, 1.54) is 24.4 Å². The largest absolute Gasteiger partial charge is 0.477 e. The van der Waals surface area contributed by atoms with Crippen LogP contribution in [0.15, 0.2) is 79.1 Å². The number of hydrogen-bond donors (Lipinski definition) is 3. The molecule has 0 saturated heterocycles. The van der Waals surface area contributed by atoms with Crippen LogP contribution in [0.3, 0.4) is 0 Å². The summed E-state index contributed by atoms with van der Waals surface area (Å²) < 4.78 is 69.1. The highest BCUT2D eigenvalue weighted by Gasteiger charge is 2.32. The van der Waals surface area contributed by atoms with Gasteiger partial charge in [-0.15, -0.1) is 0 Å². The summed E-state index contributed by atoms with van der Waals surface area (Å²) >= 11 is 0. The molecule has 3 aromatic heterocycles. The summed E-state index contributed by atoms with van der Waals surface area (Å²) in [7, 11) is -9.51. The number of esters is 1. The van der Waals surface area contributed by atoms with Crippen LogP contribution in [0.4, 0.5) is 4.39 Å². The van der Waals surface area contributed by atoms with Crippen molar-refractivity contribution in [1.82, 2.24) is 12.9 Å². The predicted molar refractivity (Wildman–Crippen MR) is 144 cm³/mol. The Morgan fingerprint density at radius 1 is 0.854 bits per heavy atom. The van der Waals surface area contributed by atoms with Gasteiger partial charge >= 0.3 is 32.4 Å². The molecule has 0 bridgehead atoms. The molecule has 16 heteroatoms. The van der Waals surface area contributed by atoms with Crippen LogP contribution >= 0.6 is 0 Å². The summed E-state index contributed by atoms with van der Waals surface area (Å²) in [5, 5.41) is 21.0. The van der Waals surface area contributed by atoms with Crippen LogP contribution in [-0.2, 0) is 20.4 Å². The molecule has 2 aromatic carbocycles. The molecule has 0 unspecified atom stereocenters. The van der Waals surface area contributed by atoms with Gasteiger partial charge < -0.3 is 9.84 Å². The Hall–Kier alpha value is -4.90. The van der Waals surface area contributed by atoms with E-state index in [-0.39, 0.29) is 20.7 Å². The fourth-order valence-electron chi connectivity index (χ4n) is 4.37.